The quantitative estimate of drug-likeness (QED) is 0.608. The Hall–Kier alpha value is -3.07. The van der Waals surface area contributed by atoms with E-state index in [0.29, 0.717) is 30.0 Å². The van der Waals surface area contributed by atoms with Gasteiger partial charge >= 0.3 is 0 Å². The molecule has 0 saturated heterocycles. The normalized spacial score (nSPS) is 11.4. The van der Waals surface area contributed by atoms with Crippen molar-refractivity contribution in [1.82, 2.24) is 20.2 Å². The number of aryl methyl sites for hydroxylation is 1. The summed E-state index contributed by atoms with van der Waals surface area (Å²) in [6.45, 7) is 2.28. The second kappa shape index (κ2) is 8.95. The van der Waals surface area contributed by atoms with Crippen LogP contribution >= 0.6 is 0 Å². The SMILES string of the molecule is Cc1c(CS(C)(=O)=O)cccc1NC(=O)CCCn1nnc(-c2ccccc2)n1. The molecule has 152 valence electrons. The van der Waals surface area contributed by atoms with Gasteiger partial charge in [-0.2, -0.15) is 4.80 Å². The molecule has 0 aliphatic carbocycles. The van der Waals surface area contributed by atoms with Crippen molar-refractivity contribution in [3.8, 4) is 11.4 Å². The van der Waals surface area contributed by atoms with Crippen LogP contribution in [0.25, 0.3) is 11.4 Å². The van der Waals surface area contributed by atoms with Gasteiger partial charge in [-0.25, -0.2) is 8.42 Å². The Balaban J connectivity index is 1.53. The van der Waals surface area contributed by atoms with Gasteiger partial charge < -0.3 is 5.32 Å². The fourth-order valence-electron chi connectivity index (χ4n) is 2.89. The lowest BCUT2D eigenvalue weighted by atomic mass is 10.1. The number of carbonyl (C=O) groups is 1. The molecule has 8 nitrogen and oxygen atoms in total. The molecule has 0 aliphatic rings. The number of nitrogens with zero attached hydrogens (tertiary/aromatic N) is 4. The smallest absolute Gasteiger partial charge is 0.224 e. The van der Waals surface area contributed by atoms with Crippen LogP contribution < -0.4 is 5.32 Å². The van der Waals surface area contributed by atoms with Crippen LogP contribution in [0.1, 0.15) is 24.0 Å². The standard InChI is InChI=1S/C20H23N5O3S/c1-15-17(14-29(2,27)28)10-6-11-18(15)21-19(26)12-7-13-25-23-20(22-24-25)16-8-4-3-5-9-16/h3-6,8-11H,7,12-14H2,1-2H3,(H,21,26). The fourth-order valence-corrected chi connectivity index (χ4v) is 3.77. The van der Waals surface area contributed by atoms with Gasteiger partial charge in [0.15, 0.2) is 9.84 Å². The molecule has 3 rings (SSSR count). The largest absolute Gasteiger partial charge is 0.326 e. The van der Waals surface area contributed by atoms with Gasteiger partial charge in [-0.15, -0.1) is 10.2 Å². The molecule has 29 heavy (non-hydrogen) atoms. The third-order valence-electron chi connectivity index (χ3n) is 4.38. The van der Waals surface area contributed by atoms with E-state index < -0.39 is 9.84 Å². The Morgan fingerprint density at radius 1 is 1.10 bits per heavy atom. The van der Waals surface area contributed by atoms with Gasteiger partial charge in [0.2, 0.25) is 11.7 Å². The van der Waals surface area contributed by atoms with Crippen molar-refractivity contribution >= 4 is 21.4 Å². The molecule has 0 bridgehead atoms. The Bertz CT molecular complexity index is 1090. The number of amides is 1. The van der Waals surface area contributed by atoms with E-state index in [0.717, 1.165) is 11.1 Å². The van der Waals surface area contributed by atoms with Gasteiger partial charge in [-0.1, -0.05) is 42.5 Å². The van der Waals surface area contributed by atoms with Crippen LogP contribution in [0.2, 0.25) is 0 Å². The van der Waals surface area contributed by atoms with Crippen molar-refractivity contribution in [2.45, 2.75) is 32.1 Å². The van der Waals surface area contributed by atoms with Crippen molar-refractivity contribution in [2.24, 2.45) is 0 Å². The van der Waals surface area contributed by atoms with Crippen molar-refractivity contribution in [3.63, 3.8) is 0 Å². The molecule has 0 unspecified atom stereocenters. The summed E-state index contributed by atoms with van der Waals surface area (Å²) in [6, 6.07) is 14.8. The summed E-state index contributed by atoms with van der Waals surface area (Å²) in [5.74, 6) is 0.353. The molecule has 0 aliphatic heterocycles. The van der Waals surface area contributed by atoms with Gasteiger partial charge in [0.1, 0.15) is 0 Å². The summed E-state index contributed by atoms with van der Waals surface area (Å²) in [5, 5.41) is 15.2. The molecule has 2 aromatic carbocycles. The highest BCUT2D eigenvalue weighted by atomic mass is 32.2. The van der Waals surface area contributed by atoms with E-state index in [2.05, 4.69) is 20.7 Å². The highest BCUT2D eigenvalue weighted by molar-refractivity contribution is 7.89. The number of anilines is 1. The minimum Gasteiger partial charge on any atom is -0.326 e. The molecule has 0 spiro atoms. The van der Waals surface area contributed by atoms with E-state index in [1.54, 1.807) is 25.1 Å². The van der Waals surface area contributed by atoms with Crippen LogP contribution in [0.15, 0.2) is 48.5 Å². The monoisotopic (exact) mass is 413 g/mol. The molecule has 0 atom stereocenters. The molecule has 0 saturated carbocycles. The summed E-state index contributed by atoms with van der Waals surface area (Å²) in [5.41, 5.74) is 2.96. The lowest BCUT2D eigenvalue weighted by Gasteiger charge is -2.12. The van der Waals surface area contributed by atoms with E-state index in [4.69, 9.17) is 0 Å². The predicted molar refractivity (Wildman–Crippen MR) is 111 cm³/mol. The molecule has 0 radical (unpaired) electrons. The Kier molecular flexibility index (Phi) is 6.38. The maximum atomic E-state index is 12.3. The van der Waals surface area contributed by atoms with Gasteiger partial charge in [0.25, 0.3) is 0 Å². The van der Waals surface area contributed by atoms with Gasteiger partial charge in [-0.05, 0) is 35.8 Å². The average Bonchev–Trinajstić information content (AvgIpc) is 3.14. The number of tetrazole rings is 1. The van der Waals surface area contributed by atoms with Gasteiger partial charge in [0, 0.05) is 23.9 Å². The summed E-state index contributed by atoms with van der Waals surface area (Å²) in [4.78, 5) is 13.8. The molecule has 1 aromatic heterocycles. The second-order valence-corrected chi connectivity index (χ2v) is 9.03. The van der Waals surface area contributed by atoms with Crippen LogP contribution in [-0.4, -0.2) is 40.8 Å². The van der Waals surface area contributed by atoms with Crippen molar-refractivity contribution < 1.29 is 13.2 Å². The van der Waals surface area contributed by atoms with Crippen LogP contribution in [0.3, 0.4) is 0 Å². The van der Waals surface area contributed by atoms with Crippen LogP contribution in [0.4, 0.5) is 5.69 Å². The highest BCUT2D eigenvalue weighted by Gasteiger charge is 2.12. The van der Waals surface area contributed by atoms with Crippen LogP contribution in [-0.2, 0) is 26.9 Å². The number of hydrogen-bond donors (Lipinski definition) is 1. The summed E-state index contributed by atoms with van der Waals surface area (Å²) >= 11 is 0. The maximum Gasteiger partial charge on any atom is 0.224 e. The maximum absolute atomic E-state index is 12.3. The number of aromatic nitrogens is 4. The van der Waals surface area contributed by atoms with E-state index in [1.165, 1.54) is 11.1 Å². The third-order valence-corrected chi connectivity index (χ3v) is 5.22. The second-order valence-electron chi connectivity index (χ2n) is 6.89. The van der Waals surface area contributed by atoms with E-state index >= 15 is 0 Å². The van der Waals surface area contributed by atoms with Crippen molar-refractivity contribution in [2.75, 3.05) is 11.6 Å². The lowest BCUT2D eigenvalue weighted by Crippen LogP contribution is -2.14. The first kappa shape index (κ1) is 20.7. The van der Waals surface area contributed by atoms with Crippen LogP contribution in [0, 0.1) is 6.92 Å². The highest BCUT2D eigenvalue weighted by Crippen LogP contribution is 2.21. The first-order chi connectivity index (χ1) is 13.8. The van der Waals surface area contributed by atoms with E-state index in [-0.39, 0.29) is 18.1 Å². The van der Waals surface area contributed by atoms with Crippen molar-refractivity contribution in [1.29, 1.82) is 0 Å². The third kappa shape index (κ3) is 5.95. The molecule has 1 heterocycles. The zero-order chi connectivity index (χ0) is 20.9. The number of rotatable bonds is 8. The first-order valence-electron chi connectivity index (χ1n) is 9.21. The zero-order valence-corrected chi connectivity index (χ0v) is 17.2. The number of nitrogens with one attached hydrogen (secondary N) is 1. The summed E-state index contributed by atoms with van der Waals surface area (Å²) in [7, 11) is -3.14. The van der Waals surface area contributed by atoms with E-state index in [1.807, 2.05) is 30.3 Å². The molecule has 0 fully saturated rings. The van der Waals surface area contributed by atoms with Gasteiger partial charge in [0.05, 0.1) is 12.3 Å². The number of hydrogen-bond acceptors (Lipinski definition) is 6. The van der Waals surface area contributed by atoms with Crippen LogP contribution in [0.5, 0.6) is 0 Å². The average molecular weight is 414 g/mol. The summed E-state index contributed by atoms with van der Waals surface area (Å²) < 4.78 is 23.1. The minimum absolute atomic E-state index is 0.0513. The topological polar surface area (TPSA) is 107 Å². The Morgan fingerprint density at radius 3 is 2.59 bits per heavy atom. The van der Waals surface area contributed by atoms with Crippen molar-refractivity contribution in [3.05, 3.63) is 59.7 Å². The molecule has 9 heteroatoms. The summed E-state index contributed by atoms with van der Waals surface area (Å²) in [6.07, 6.45) is 2.04. The first-order valence-corrected chi connectivity index (χ1v) is 11.3. The number of sulfone groups is 1. The Morgan fingerprint density at radius 2 is 1.86 bits per heavy atom. The number of carbonyl (C=O) groups excluding carboxylic acids is 1. The zero-order valence-electron chi connectivity index (χ0n) is 16.4. The predicted octanol–water partition coefficient (Wildman–Crippen LogP) is 2.61. The van der Waals surface area contributed by atoms with E-state index in [9.17, 15) is 13.2 Å². The molecule has 1 N–H and O–H groups in total. The Labute approximate surface area is 169 Å². The molecular formula is C20H23N5O3S. The molecular weight excluding hydrogens is 390 g/mol. The molecule has 1 amide bonds. The fraction of sp³-hybridized carbons (Fsp3) is 0.300. The van der Waals surface area contributed by atoms with Gasteiger partial charge in [-0.3, -0.25) is 4.79 Å². The number of benzene rings is 2. The molecule has 3 aromatic rings. The minimum atomic E-state index is -3.14. The lowest BCUT2D eigenvalue weighted by molar-refractivity contribution is -0.116.